The van der Waals surface area contributed by atoms with Gasteiger partial charge in [0.25, 0.3) is 0 Å². The topological polar surface area (TPSA) is 127 Å². The molecule has 10 heteroatoms. The number of aryl methyl sites for hydroxylation is 1. The lowest BCUT2D eigenvalue weighted by atomic mass is 9.81. The van der Waals surface area contributed by atoms with Crippen LogP contribution >= 0.6 is 0 Å². The number of carbonyl (C=O) groups is 1. The first kappa shape index (κ1) is 19.4. The first-order valence-corrected chi connectivity index (χ1v) is 10.6. The Balaban J connectivity index is 1.46. The van der Waals surface area contributed by atoms with Crippen LogP contribution in [0, 0.1) is 23.7 Å². The van der Waals surface area contributed by atoms with Crippen molar-refractivity contribution in [3.8, 4) is 6.07 Å². The fourth-order valence-corrected chi connectivity index (χ4v) is 4.98. The molecular formula is C21H25N9O. The van der Waals surface area contributed by atoms with E-state index in [0.29, 0.717) is 24.1 Å². The lowest BCUT2D eigenvalue weighted by Crippen LogP contribution is -2.45. The van der Waals surface area contributed by atoms with Crippen LogP contribution in [0.15, 0.2) is 24.4 Å². The molecule has 5 rings (SSSR count). The summed E-state index contributed by atoms with van der Waals surface area (Å²) >= 11 is 0. The van der Waals surface area contributed by atoms with Crippen molar-refractivity contribution >= 4 is 29.0 Å². The summed E-state index contributed by atoms with van der Waals surface area (Å²) in [5, 5.41) is 27.2. The molecule has 1 amide bonds. The van der Waals surface area contributed by atoms with Crippen molar-refractivity contribution in [2.45, 2.75) is 45.1 Å². The van der Waals surface area contributed by atoms with Crippen LogP contribution in [-0.4, -0.2) is 49.8 Å². The van der Waals surface area contributed by atoms with Gasteiger partial charge in [0.1, 0.15) is 11.9 Å². The average molecular weight is 419 g/mol. The van der Waals surface area contributed by atoms with Crippen molar-refractivity contribution in [2.75, 3.05) is 23.3 Å². The fraction of sp³-hybridized carbons (Fsp3) is 0.476. The number of hydrogen-bond donors (Lipinski definition) is 3. The number of H-pyrrole nitrogens is 1. The minimum Gasteiger partial charge on any atom is -0.350 e. The Morgan fingerprint density at radius 1 is 1.42 bits per heavy atom. The Morgan fingerprint density at radius 3 is 3.00 bits per heavy atom. The Hall–Kier alpha value is -3.61. The number of hydrogen-bond acceptors (Lipinski definition) is 7. The highest BCUT2D eigenvalue weighted by molar-refractivity contribution is 5.78. The van der Waals surface area contributed by atoms with Gasteiger partial charge < -0.3 is 15.5 Å². The van der Waals surface area contributed by atoms with Gasteiger partial charge in [0.15, 0.2) is 11.6 Å². The number of fused-ring (bicyclic) bond motifs is 1. The number of rotatable bonds is 5. The third kappa shape index (κ3) is 3.56. The maximum absolute atomic E-state index is 12.2. The number of nitrogens with zero attached hydrogens (tertiary/aromatic N) is 6. The summed E-state index contributed by atoms with van der Waals surface area (Å²) in [6.07, 6.45) is 6.21. The summed E-state index contributed by atoms with van der Waals surface area (Å²) in [6, 6.07) is 7.75. The molecule has 1 aliphatic heterocycles. The maximum atomic E-state index is 12.2. The Bertz CT molecular complexity index is 1150. The van der Waals surface area contributed by atoms with Crippen LogP contribution < -0.4 is 15.5 Å². The average Bonchev–Trinajstić information content (AvgIpc) is 3.52. The van der Waals surface area contributed by atoms with Crippen LogP contribution in [0.3, 0.4) is 0 Å². The number of carbonyl (C=O) groups excluding carboxylic acids is 1. The van der Waals surface area contributed by atoms with E-state index in [9.17, 15) is 4.79 Å². The summed E-state index contributed by atoms with van der Waals surface area (Å²) < 4.78 is 1.81. The molecule has 1 atom stereocenters. The van der Waals surface area contributed by atoms with Crippen molar-refractivity contribution < 1.29 is 4.79 Å². The van der Waals surface area contributed by atoms with Gasteiger partial charge in [0.05, 0.1) is 12.1 Å². The number of nitrogens with one attached hydrogen (secondary N) is 3. The van der Waals surface area contributed by atoms with E-state index >= 15 is 0 Å². The van der Waals surface area contributed by atoms with Crippen LogP contribution in [-0.2, 0) is 4.79 Å². The predicted octanol–water partition coefficient (Wildman–Crippen LogP) is 2.28. The molecule has 1 saturated carbocycles. The standard InChI is InChI=1S/C21H25N9O/c1-14-11-17(27-26-14)24-19-15-5-4-10-30(15)28-20(25-19)29-12-16(23-18(31)6-9-22)21(13-29)7-2-3-8-21/h4-5,10-11,16H,2-3,6-8,12-13H2,1H3,(H,23,31)(H2,24,25,26,27,28). The molecule has 1 spiro atoms. The van der Waals surface area contributed by atoms with Crippen LogP contribution in [0.5, 0.6) is 0 Å². The van der Waals surface area contributed by atoms with Crippen molar-refractivity contribution in [3.05, 3.63) is 30.1 Å². The highest BCUT2D eigenvalue weighted by Gasteiger charge is 2.49. The molecule has 1 aliphatic carbocycles. The molecule has 4 heterocycles. The van der Waals surface area contributed by atoms with Gasteiger partial charge in [-0.3, -0.25) is 9.89 Å². The molecule has 1 unspecified atom stereocenters. The molecule has 1 saturated heterocycles. The van der Waals surface area contributed by atoms with Gasteiger partial charge in [-0.15, -0.1) is 5.10 Å². The second-order valence-corrected chi connectivity index (χ2v) is 8.56. The van der Waals surface area contributed by atoms with E-state index in [0.717, 1.165) is 43.4 Å². The Labute approximate surface area is 179 Å². The molecule has 3 aromatic heterocycles. The maximum Gasteiger partial charge on any atom is 0.245 e. The van der Waals surface area contributed by atoms with Crippen molar-refractivity contribution in [3.63, 3.8) is 0 Å². The van der Waals surface area contributed by atoms with Gasteiger partial charge in [0, 0.05) is 36.5 Å². The molecule has 3 N–H and O–H groups in total. The first-order valence-electron chi connectivity index (χ1n) is 10.6. The molecular weight excluding hydrogens is 394 g/mol. The lowest BCUT2D eigenvalue weighted by Gasteiger charge is -2.30. The van der Waals surface area contributed by atoms with E-state index in [1.54, 1.807) is 0 Å². The van der Waals surface area contributed by atoms with E-state index in [1.165, 1.54) is 0 Å². The number of amides is 1. The first-order chi connectivity index (χ1) is 15.1. The smallest absolute Gasteiger partial charge is 0.245 e. The molecule has 31 heavy (non-hydrogen) atoms. The fourth-order valence-electron chi connectivity index (χ4n) is 4.98. The Morgan fingerprint density at radius 2 is 2.26 bits per heavy atom. The van der Waals surface area contributed by atoms with E-state index in [4.69, 9.17) is 15.3 Å². The predicted molar refractivity (Wildman–Crippen MR) is 115 cm³/mol. The zero-order chi connectivity index (χ0) is 21.4. The van der Waals surface area contributed by atoms with Crippen LogP contribution in [0.2, 0.25) is 0 Å². The molecule has 0 bridgehead atoms. The lowest BCUT2D eigenvalue weighted by molar-refractivity contribution is -0.121. The number of nitriles is 1. The van der Waals surface area contributed by atoms with Crippen molar-refractivity contribution in [2.24, 2.45) is 5.41 Å². The SMILES string of the molecule is Cc1cc(Nc2nc(N3CC(NC(=O)CC#N)C4(CCCC4)C3)nn3cccc23)n[nH]1. The van der Waals surface area contributed by atoms with Gasteiger partial charge in [-0.2, -0.15) is 15.3 Å². The Kier molecular flexibility index (Phi) is 4.73. The second-order valence-electron chi connectivity index (χ2n) is 8.56. The van der Waals surface area contributed by atoms with Gasteiger partial charge in [-0.25, -0.2) is 4.52 Å². The van der Waals surface area contributed by atoms with E-state index in [-0.39, 0.29) is 23.8 Å². The van der Waals surface area contributed by atoms with Gasteiger partial charge in [-0.1, -0.05) is 12.8 Å². The number of aromatic amines is 1. The van der Waals surface area contributed by atoms with Crippen LogP contribution in [0.4, 0.5) is 17.6 Å². The van der Waals surface area contributed by atoms with Crippen LogP contribution in [0.1, 0.15) is 37.8 Å². The highest BCUT2D eigenvalue weighted by atomic mass is 16.1. The molecule has 0 aromatic carbocycles. The zero-order valence-corrected chi connectivity index (χ0v) is 17.4. The number of anilines is 3. The summed E-state index contributed by atoms with van der Waals surface area (Å²) in [5.41, 5.74) is 1.83. The minimum absolute atomic E-state index is 0.00696. The molecule has 0 radical (unpaired) electrons. The molecule has 2 aliphatic rings. The quantitative estimate of drug-likeness (QED) is 0.579. The number of aromatic nitrogens is 5. The van der Waals surface area contributed by atoms with Crippen molar-refractivity contribution in [1.29, 1.82) is 5.26 Å². The van der Waals surface area contributed by atoms with Crippen molar-refractivity contribution in [1.82, 2.24) is 30.1 Å². The molecule has 2 fully saturated rings. The monoisotopic (exact) mass is 419 g/mol. The third-order valence-electron chi connectivity index (χ3n) is 6.44. The van der Waals surface area contributed by atoms with Crippen LogP contribution in [0.25, 0.3) is 5.52 Å². The highest BCUT2D eigenvalue weighted by Crippen LogP contribution is 2.46. The summed E-state index contributed by atoms with van der Waals surface area (Å²) in [5.74, 6) is 1.78. The molecule has 3 aromatic rings. The summed E-state index contributed by atoms with van der Waals surface area (Å²) in [6.45, 7) is 3.37. The van der Waals surface area contributed by atoms with E-state index < -0.39 is 0 Å². The van der Waals surface area contributed by atoms with E-state index in [1.807, 2.05) is 41.9 Å². The van der Waals surface area contributed by atoms with E-state index in [2.05, 4.69) is 25.7 Å². The largest absolute Gasteiger partial charge is 0.350 e. The van der Waals surface area contributed by atoms with Gasteiger partial charge >= 0.3 is 0 Å². The van der Waals surface area contributed by atoms with Gasteiger partial charge in [-0.05, 0) is 31.9 Å². The summed E-state index contributed by atoms with van der Waals surface area (Å²) in [4.78, 5) is 19.2. The molecule has 10 nitrogen and oxygen atoms in total. The van der Waals surface area contributed by atoms with Gasteiger partial charge in [0.2, 0.25) is 11.9 Å². The normalized spacial score (nSPS) is 19.7. The molecule has 160 valence electrons. The zero-order valence-electron chi connectivity index (χ0n) is 17.4. The third-order valence-corrected chi connectivity index (χ3v) is 6.44. The summed E-state index contributed by atoms with van der Waals surface area (Å²) in [7, 11) is 0. The minimum atomic E-state index is -0.210. The second kappa shape index (κ2) is 7.58.